The first-order valence-electron chi connectivity index (χ1n) is 7.96. The molecule has 2 N–H and O–H groups in total. The zero-order chi connectivity index (χ0) is 16.1. The summed E-state index contributed by atoms with van der Waals surface area (Å²) in [6.07, 6.45) is 4.24. The average molecular weight is 311 g/mol. The third kappa shape index (κ3) is 4.71. The number of nitrogens with zero attached hydrogens (tertiary/aromatic N) is 1. The van der Waals surface area contributed by atoms with Crippen LogP contribution in [-0.2, 0) is 13.1 Å². The smallest absolute Gasteiger partial charge is 0.315 e. The second-order valence-electron chi connectivity index (χ2n) is 5.99. The summed E-state index contributed by atoms with van der Waals surface area (Å²) in [5.74, 6) is 0.682. The largest absolute Gasteiger partial charge is 0.338 e. The monoisotopic (exact) mass is 311 g/mol. The van der Waals surface area contributed by atoms with E-state index in [1.165, 1.54) is 12.8 Å². The Labute approximate surface area is 135 Å². The molecule has 1 fully saturated rings. The minimum absolute atomic E-state index is 0.00873. The van der Waals surface area contributed by atoms with E-state index in [-0.39, 0.29) is 11.6 Å². The summed E-state index contributed by atoms with van der Waals surface area (Å²) in [4.78, 5) is 23.3. The Morgan fingerprint density at radius 1 is 1.04 bits per heavy atom. The number of carbonyl (C=O) groups excluding carboxylic acids is 1. The summed E-state index contributed by atoms with van der Waals surface area (Å²) in [5, 5.41) is 5.73. The predicted molar refractivity (Wildman–Crippen MR) is 89.2 cm³/mol. The number of carbonyl (C=O) groups is 1. The van der Waals surface area contributed by atoms with Crippen LogP contribution >= 0.6 is 0 Å². The Balaban J connectivity index is 1.49. The zero-order valence-corrected chi connectivity index (χ0v) is 13.0. The Morgan fingerprint density at radius 2 is 1.78 bits per heavy atom. The Bertz CT molecular complexity index is 718. The molecule has 2 amide bonds. The average Bonchev–Trinajstić information content (AvgIpc) is 3.39. The van der Waals surface area contributed by atoms with E-state index in [4.69, 9.17) is 0 Å². The maximum absolute atomic E-state index is 11.7. The fourth-order valence-corrected chi connectivity index (χ4v) is 2.35. The first kappa shape index (κ1) is 15.3. The standard InChI is InChI=1S/C18H21N3O2/c22-17-3-1-2-10-21(17)13-16-8-6-15(7-9-16)12-20-18(23)19-11-14-4-5-14/h1-3,6-10,14H,4-5,11-13H2,(H2,19,20,23). The molecule has 5 heteroatoms. The molecule has 1 saturated carbocycles. The molecule has 0 radical (unpaired) electrons. The number of urea groups is 1. The van der Waals surface area contributed by atoms with Crippen molar-refractivity contribution in [2.45, 2.75) is 25.9 Å². The summed E-state index contributed by atoms with van der Waals surface area (Å²) in [7, 11) is 0. The molecular formula is C18H21N3O2. The maximum Gasteiger partial charge on any atom is 0.315 e. The number of nitrogens with one attached hydrogen (secondary N) is 2. The van der Waals surface area contributed by atoms with Gasteiger partial charge in [0.1, 0.15) is 0 Å². The van der Waals surface area contributed by atoms with Crippen molar-refractivity contribution < 1.29 is 4.79 Å². The van der Waals surface area contributed by atoms with Gasteiger partial charge < -0.3 is 15.2 Å². The van der Waals surface area contributed by atoms with Crippen molar-refractivity contribution >= 4 is 6.03 Å². The fourth-order valence-electron chi connectivity index (χ4n) is 2.35. The lowest BCUT2D eigenvalue weighted by atomic mass is 10.1. The van der Waals surface area contributed by atoms with Gasteiger partial charge in [0.15, 0.2) is 0 Å². The Morgan fingerprint density at radius 3 is 2.48 bits per heavy atom. The molecule has 0 unspecified atom stereocenters. The van der Waals surface area contributed by atoms with E-state index in [9.17, 15) is 9.59 Å². The van der Waals surface area contributed by atoms with Crippen LogP contribution in [0.15, 0.2) is 53.5 Å². The van der Waals surface area contributed by atoms with Gasteiger partial charge in [-0.25, -0.2) is 4.79 Å². The van der Waals surface area contributed by atoms with Crippen LogP contribution in [0.4, 0.5) is 4.79 Å². The highest BCUT2D eigenvalue weighted by Crippen LogP contribution is 2.27. The third-order valence-electron chi connectivity index (χ3n) is 3.98. The fraction of sp³-hybridized carbons (Fsp3) is 0.333. The molecule has 23 heavy (non-hydrogen) atoms. The second-order valence-corrected chi connectivity index (χ2v) is 5.99. The van der Waals surface area contributed by atoms with Crippen molar-refractivity contribution in [2.24, 2.45) is 5.92 Å². The van der Waals surface area contributed by atoms with Crippen LogP contribution in [0.5, 0.6) is 0 Å². The van der Waals surface area contributed by atoms with E-state index in [0.29, 0.717) is 19.0 Å². The van der Waals surface area contributed by atoms with Crippen molar-refractivity contribution in [1.82, 2.24) is 15.2 Å². The number of rotatable bonds is 6. The van der Waals surface area contributed by atoms with Gasteiger partial charge in [-0.05, 0) is 36.0 Å². The topological polar surface area (TPSA) is 63.1 Å². The highest BCUT2D eigenvalue weighted by Gasteiger charge is 2.21. The van der Waals surface area contributed by atoms with Crippen LogP contribution in [0.25, 0.3) is 0 Å². The lowest BCUT2D eigenvalue weighted by Gasteiger charge is -2.09. The Hall–Kier alpha value is -2.56. The lowest BCUT2D eigenvalue weighted by molar-refractivity contribution is 0.240. The van der Waals surface area contributed by atoms with Crippen molar-refractivity contribution in [3.8, 4) is 0 Å². The first-order valence-corrected chi connectivity index (χ1v) is 7.96. The molecule has 1 aromatic heterocycles. The minimum Gasteiger partial charge on any atom is -0.338 e. The number of amides is 2. The normalized spacial score (nSPS) is 13.6. The first-order chi connectivity index (χ1) is 11.2. The predicted octanol–water partition coefficient (Wildman–Crippen LogP) is 2.11. The van der Waals surface area contributed by atoms with Gasteiger partial charge in [0, 0.05) is 25.4 Å². The molecule has 3 rings (SSSR count). The van der Waals surface area contributed by atoms with E-state index in [2.05, 4.69) is 10.6 Å². The van der Waals surface area contributed by atoms with Gasteiger partial charge in [0.2, 0.25) is 0 Å². The SMILES string of the molecule is O=C(NCc1ccc(Cn2ccccc2=O)cc1)NCC1CC1. The van der Waals surface area contributed by atoms with Crippen LogP contribution in [0.2, 0.25) is 0 Å². The lowest BCUT2D eigenvalue weighted by Crippen LogP contribution is -2.36. The van der Waals surface area contributed by atoms with Crippen LogP contribution < -0.4 is 16.2 Å². The number of benzene rings is 1. The minimum atomic E-state index is -0.114. The van der Waals surface area contributed by atoms with E-state index < -0.39 is 0 Å². The van der Waals surface area contributed by atoms with E-state index in [0.717, 1.165) is 17.7 Å². The van der Waals surface area contributed by atoms with Gasteiger partial charge >= 0.3 is 6.03 Å². The third-order valence-corrected chi connectivity index (χ3v) is 3.98. The van der Waals surface area contributed by atoms with E-state index in [1.54, 1.807) is 22.9 Å². The molecule has 2 aromatic rings. The number of pyridine rings is 1. The van der Waals surface area contributed by atoms with Crippen molar-refractivity contribution in [3.05, 3.63) is 70.1 Å². The van der Waals surface area contributed by atoms with Crippen LogP contribution in [0.3, 0.4) is 0 Å². The zero-order valence-electron chi connectivity index (χ0n) is 13.0. The molecule has 120 valence electrons. The number of aromatic nitrogens is 1. The molecule has 1 aromatic carbocycles. The molecule has 0 saturated heterocycles. The number of hydrogen-bond acceptors (Lipinski definition) is 2. The quantitative estimate of drug-likeness (QED) is 0.858. The highest BCUT2D eigenvalue weighted by molar-refractivity contribution is 5.73. The molecule has 1 aliphatic carbocycles. The van der Waals surface area contributed by atoms with Gasteiger partial charge in [0.25, 0.3) is 5.56 Å². The van der Waals surface area contributed by atoms with Gasteiger partial charge in [-0.2, -0.15) is 0 Å². The molecule has 0 bridgehead atoms. The molecule has 1 aliphatic rings. The molecule has 1 heterocycles. The number of hydrogen-bond donors (Lipinski definition) is 2. The second kappa shape index (κ2) is 7.13. The van der Waals surface area contributed by atoms with E-state index in [1.807, 2.05) is 30.3 Å². The van der Waals surface area contributed by atoms with Gasteiger partial charge in [-0.1, -0.05) is 30.3 Å². The molecule has 0 spiro atoms. The summed E-state index contributed by atoms with van der Waals surface area (Å²) in [6, 6.07) is 12.9. The van der Waals surface area contributed by atoms with Crippen molar-refractivity contribution in [1.29, 1.82) is 0 Å². The summed E-state index contributed by atoms with van der Waals surface area (Å²) in [5.41, 5.74) is 2.08. The van der Waals surface area contributed by atoms with Crippen LogP contribution in [-0.4, -0.2) is 17.1 Å². The van der Waals surface area contributed by atoms with Gasteiger partial charge in [0.05, 0.1) is 6.54 Å². The van der Waals surface area contributed by atoms with Gasteiger partial charge in [-0.3, -0.25) is 4.79 Å². The molecular weight excluding hydrogens is 290 g/mol. The van der Waals surface area contributed by atoms with Gasteiger partial charge in [-0.15, -0.1) is 0 Å². The molecule has 5 nitrogen and oxygen atoms in total. The molecule has 0 atom stereocenters. The maximum atomic E-state index is 11.7. The van der Waals surface area contributed by atoms with Crippen molar-refractivity contribution in [2.75, 3.05) is 6.54 Å². The van der Waals surface area contributed by atoms with Crippen molar-refractivity contribution in [3.63, 3.8) is 0 Å². The molecule has 0 aliphatic heterocycles. The van der Waals surface area contributed by atoms with Crippen LogP contribution in [0, 0.1) is 5.92 Å². The van der Waals surface area contributed by atoms with E-state index >= 15 is 0 Å². The van der Waals surface area contributed by atoms with Crippen LogP contribution in [0.1, 0.15) is 24.0 Å². The summed E-state index contributed by atoms with van der Waals surface area (Å²) < 4.78 is 1.67. The summed E-state index contributed by atoms with van der Waals surface area (Å²) in [6.45, 7) is 1.83. The summed E-state index contributed by atoms with van der Waals surface area (Å²) >= 11 is 0. The Kier molecular flexibility index (Phi) is 4.76. The highest BCUT2D eigenvalue weighted by atomic mass is 16.2.